The Bertz CT molecular complexity index is 1450. The first-order chi connectivity index (χ1) is 25.6. The number of primary amides is 2. The van der Waals surface area contributed by atoms with Crippen LogP contribution in [0.1, 0.15) is 83.6 Å². The molecule has 2 rings (SSSR count). The monoisotopic (exact) mass is 758 g/mol. The molecule has 0 heterocycles. The lowest BCUT2D eigenvalue weighted by molar-refractivity contribution is -0.136. The molecule has 0 spiro atoms. The van der Waals surface area contributed by atoms with Crippen LogP contribution in [0.3, 0.4) is 0 Å². The van der Waals surface area contributed by atoms with E-state index < -0.39 is 78.2 Å². The number of amides is 7. The number of aliphatic imine (C=N–C) groups is 1. The lowest BCUT2D eigenvalue weighted by Crippen LogP contribution is -2.60. The molecule has 1 aliphatic rings. The molecule has 0 aromatic heterocycles. The van der Waals surface area contributed by atoms with Crippen molar-refractivity contribution in [3.05, 3.63) is 35.9 Å². The van der Waals surface area contributed by atoms with E-state index in [1.54, 1.807) is 13.8 Å². The van der Waals surface area contributed by atoms with Gasteiger partial charge in [0.2, 0.25) is 41.4 Å². The van der Waals surface area contributed by atoms with Crippen LogP contribution in [0.25, 0.3) is 0 Å². The molecule has 54 heavy (non-hydrogen) atoms. The van der Waals surface area contributed by atoms with Gasteiger partial charge >= 0.3 is 0 Å². The zero-order valence-electron chi connectivity index (χ0n) is 31.2. The molecule has 1 aromatic rings. The van der Waals surface area contributed by atoms with E-state index in [2.05, 4.69) is 31.6 Å². The Morgan fingerprint density at radius 1 is 0.741 bits per heavy atom. The molecule has 18 heteroatoms. The van der Waals surface area contributed by atoms with Gasteiger partial charge in [0.05, 0.1) is 6.61 Å². The molecule has 1 aromatic carbocycles. The third-order valence-electron chi connectivity index (χ3n) is 9.11. The van der Waals surface area contributed by atoms with E-state index in [1.165, 1.54) is 0 Å². The molecule has 7 amide bonds. The third kappa shape index (κ3) is 16.6. The van der Waals surface area contributed by atoms with Crippen LogP contribution in [-0.4, -0.2) is 95.8 Å². The van der Waals surface area contributed by atoms with Crippen LogP contribution in [0.5, 0.6) is 0 Å². The Labute approximate surface area is 315 Å². The predicted molar refractivity (Wildman–Crippen MR) is 200 cm³/mol. The maximum atomic E-state index is 13.8. The van der Waals surface area contributed by atoms with Crippen molar-refractivity contribution in [1.29, 1.82) is 0 Å². The summed E-state index contributed by atoms with van der Waals surface area (Å²) >= 11 is 0. The summed E-state index contributed by atoms with van der Waals surface area (Å²) in [5, 5.41) is 23.0. The lowest BCUT2D eigenvalue weighted by Gasteiger charge is -2.28. The average Bonchev–Trinajstić information content (AvgIpc) is 3.12. The molecule has 0 bridgehead atoms. The van der Waals surface area contributed by atoms with Crippen LogP contribution in [0.2, 0.25) is 0 Å². The standard InChI is InChI=1S/C36H58N10O8/c1-21(2)30(35(54)43-24(31(38)50)15-16-28(37)48)46-34(53)27(20-47)45-32(51)25(14-9-17-41-36(39)40)44-33(52)26(18-22-10-5-3-6-11-22)42-29(49)19-23-12-7-4-8-13-23/h3,5-6,10-11,21,23-27,30,47H,4,7-9,12-20H2,1-2H3,(H2,37,48)(H2,38,50)(H,42,49)(H,43,54)(H,44,52)(H,45,51)(H,46,53)(H4,39,40,41)/t24-,25-,26-,27-,30-/m0/s1. The quantitative estimate of drug-likeness (QED) is 0.0335. The van der Waals surface area contributed by atoms with Gasteiger partial charge in [0, 0.05) is 25.8 Å². The highest BCUT2D eigenvalue weighted by Crippen LogP contribution is 2.26. The molecule has 1 aliphatic carbocycles. The summed E-state index contributed by atoms with van der Waals surface area (Å²) in [5.41, 5.74) is 22.2. The van der Waals surface area contributed by atoms with E-state index in [0.717, 1.165) is 37.7 Å². The van der Waals surface area contributed by atoms with Crippen molar-refractivity contribution >= 4 is 47.3 Å². The second-order valence-electron chi connectivity index (χ2n) is 14.0. The summed E-state index contributed by atoms with van der Waals surface area (Å²) in [6, 6.07) is 2.72. The van der Waals surface area contributed by atoms with Crippen LogP contribution in [0.4, 0.5) is 0 Å². The number of benzene rings is 1. The smallest absolute Gasteiger partial charge is 0.245 e. The number of carbonyl (C=O) groups excluding carboxylic acids is 7. The Balaban J connectivity index is 2.24. The molecule has 1 fully saturated rings. The summed E-state index contributed by atoms with van der Waals surface area (Å²) in [7, 11) is 0. The Morgan fingerprint density at radius 2 is 1.33 bits per heavy atom. The summed E-state index contributed by atoms with van der Waals surface area (Å²) < 4.78 is 0. The van der Waals surface area contributed by atoms with Crippen molar-refractivity contribution in [2.45, 2.75) is 115 Å². The average molecular weight is 759 g/mol. The SMILES string of the molecule is CC(C)[C@H](NC(=O)[C@H](CO)NC(=O)[C@H](CCCN=C(N)N)NC(=O)[C@H](Cc1ccccc1)NC(=O)CC1CCCCC1)C(=O)N[C@@H](CCC(N)=O)C(N)=O. The van der Waals surface area contributed by atoms with E-state index in [1.807, 2.05) is 30.3 Å². The van der Waals surface area contributed by atoms with Gasteiger partial charge in [0.25, 0.3) is 0 Å². The van der Waals surface area contributed by atoms with E-state index in [-0.39, 0.29) is 62.9 Å². The number of carbonyl (C=O) groups is 7. The zero-order chi connectivity index (χ0) is 40.2. The Kier molecular flexibility index (Phi) is 19.5. The normalized spacial score (nSPS) is 15.7. The molecular weight excluding hydrogens is 700 g/mol. The first kappa shape index (κ1) is 44.9. The number of aliphatic hydroxyl groups excluding tert-OH is 1. The van der Waals surface area contributed by atoms with Gasteiger partial charge < -0.3 is 54.6 Å². The lowest BCUT2D eigenvalue weighted by atomic mass is 9.87. The van der Waals surface area contributed by atoms with Crippen LogP contribution in [0.15, 0.2) is 35.3 Å². The number of rotatable bonds is 23. The van der Waals surface area contributed by atoms with E-state index in [0.29, 0.717) is 0 Å². The van der Waals surface area contributed by atoms with Crippen molar-refractivity contribution in [2.75, 3.05) is 13.2 Å². The summed E-state index contributed by atoms with van der Waals surface area (Å²) in [5.74, 6) is -5.58. The second-order valence-corrected chi connectivity index (χ2v) is 14.0. The Hall–Kier alpha value is -5.26. The van der Waals surface area contributed by atoms with Crippen LogP contribution in [-0.2, 0) is 40.0 Å². The number of aliphatic hydroxyl groups is 1. The van der Waals surface area contributed by atoms with Crippen LogP contribution >= 0.6 is 0 Å². The number of nitrogens with one attached hydrogen (secondary N) is 5. The third-order valence-corrected chi connectivity index (χ3v) is 9.11. The van der Waals surface area contributed by atoms with E-state index in [9.17, 15) is 38.7 Å². The maximum Gasteiger partial charge on any atom is 0.245 e. The van der Waals surface area contributed by atoms with Gasteiger partial charge in [-0.05, 0) is 49.5 Å². The molecule has 0 radical (unpaired) electrons. The van der Waals surface area contributed by atoms with Crippen molar-refractivity contribution in [1.82, 2.24) is 26.6 Å². The van der Waals surface area contributed by atoms with Gasteiger partial charge in [0.15, 0.2) is 5.96 Å². The number of nitrogens with two attached hydrogens (primary N) is 4. The predicted octanol–water partition coefficient (Wildman–Crippen LogP) is -1.92. The molecule has 0 saturated heterocycles. The van der Waals surface area contributed by atoms with Crippen molar-refractivity contribution < 1.29 is 38.7 Å². The van der Waals surface area contributed by atoms with Crippen LogP contribution < -0.4 is 49.5 Å². The van der Waals surface area contributed by atoms with Crippen molar-refractivity contribution in [3.8, 4) is 0 Å². The largest absolute Gasteiger partial charge is 0.394 e. The highest BCUT2D eigenvalue weighted by molar-refractivity contribution is 5.96. The first-order valence-corrected chi connectivity index (χ1v) is 18.4. The summed E-state index contributed by atoms with van der Waals surface area (Å²) in [6.07, 6.45) is 5.39. The van der Waals surface area contributed by atoms with Gasteiger partial charge in [-0.1, -0.05) is 63.4 Å². The molecule has 0 unspecified atom stereocenters. The minimum atomic E-state index is -1.57. The molecule has 1 saturated carbocycles. The first-order valence-electron chi connectivity index (χ1n) is 18.4. The zero-order valence-corrected chi connectivity index (χ0v) is 31.2. The maximum absolute atomic E-state index is 13.8. The summed E-state index contributed by atoms with van der Waals surface area (Å²) in [4.78, 5) is 94.1. The highest BCUT2D eigenvalue weighted by atomic mass is 16.3. The second kappa shape index (κ2) is 23.4. The molecule has 14 N–H and O–H groups in total. The van der Waals surface area contributed by atoms with E-state index in [4.69, 9.17) is 22.9 Å². The molecule has 18 nitrogen and oxygen atoms in total. The van der Waals surface area contributed by atoms with Gasteiger partial charge in [-0.2, -0.15) is 0 Å². The topological polar surface area (TPSA) is 316 Å². The minimum absolute atomic E-state index is 0.0129. The number of guanidine groups is 1. The molecule has 0 aliphatic heterocycles. The number of hydrogen-bond acceptors (Lipinski definition) is 9. The molecule has 300 valence electrons. The molecule has 5 atom stereocenters. The van der Waals surface area contributed by atoms with Crippen LogP contribution in [0, 0.1) is 11.8 Å². The minimum Gasteiger partial charge on any atom is -0.394 e. The molecular formula is C36H58N10O8. The number of hydrogen-bond donors (Lipinski definition) is 10. The highest BCUT2D eigenvalue weighted by Gasteiger charge is 2.33. The van der Waals surface area contributed by atoms with Gasteiger partial charge in [0.1, 0.15) is 30.2 Å². The van der Waals surface area contributed by atoms with Gasteiger partial charge in [-0.15, -0.1) is 0 Å². The number of nitrogens with zero attached hydrogens (tertiary/aromatic N) is 1. The fourth-order valence-electron chi connectivity index (χ4n) is 6.10. The van der Waals surface area contributed by atoms with Crippen molar-refractivity contribution in [3.63, 3.8) is 0 Å². The van der Waals surface area contributed by atoms with Crippen molar-refractivity contribution in [2.24, 2.45) is 39.8 Å². The fourth-order valence-corrected chi connectivity index (χ4v) is 6.10. The summed E-state index contributed by atoms with van der Waals surface area (Å²) in [6.45, 7) is 2.47. The van der Waals surface area contributed by atoms with Gasteiger partial charge in [-0.25, -0.2) is 0 Å². The van der Waals surface area contributed by atoms with E-state index >= 15 is 0 Å². The van der Waals surface area contributed by atoms with Gasteiger partial charge in [-0.3, -0.25) is 38.6 Å². The fraction of sp³-hybridized carbons (Fsp3) is 0.611. The Morgan fingerprint density at radius 3 is 1.91 bits per heavy atom.